The number of hydrogen-bond acceptors (Lipinski definition) is 2. The van der Waals surface area contributed by atoms with Crippen molar-refractivity contribution in [3.63, 3.8) is 0 Å². The lowest BCUT2D eigenvalue weighted by molar-refractivity contribution is -0.129. The van der Waals surface area contributed by atoms with Gasteiger partial charge in [0.05, 0.1) is 12.7 Å². The summed E-state index contributed by atoms with van der Waals surface area (Å²) in [6.07, 6.45) is 11.1. The first-order chi connectivity index (χ1) is 8.79. The Hall–Kier alpha value is -0.570. The van der Waals surface area contributed by atoms with Crippen LogP contribution in [0.4, 0.5) is 0 Å². The molecule has 1 fully saturated rings. The van der Waals surface area contributed by atoms with Crippen LogP contribution in [0, 0.1) is 0 Å². The minimum absolute atomic E-state index is 0.102. The zero-order valence-electron chi connectivity index (χ0n) is 12.2. The predicted octanol–water partition coefficient (Wildman–Crippen LogP) is 3.30. The van der Waals surface area contributed by atoms with E-state index in [4.69, 9.17) is 0 Å². The van der Waals surface area contributed by atoms with Crippen molar-refractivity contribution in [3.05, 3.63) is 0 Å². The first kappa shape index (κ1) is 15.5. The number of nitrogens with zero attached hydrogens (tertiary/aromatic N) is 1. The highest BCUT2D eigenvalue weighted by atomic mass is 16.2. The summed E-state index contributed by atoms with van der Waals surface area (Å²) in [6.45, 7) is 6.13. The van der Waals surface area contributed by atoms with Gasteiger partial charge in [-0.3, -0.25) is 10.1 Å². The molecule has 3 nitrogen and oxygen atoms in total. The van der Waals surface area contributed by atoms with Crippen LogP contribution in [0.1, 0.15) is 71.6 Å². The van der Waals surface area contributed by atoms with Crippen molar-refractivity contribution in [2.24, 2.45) is 0 Å². The van der Waals surface area contributed by atoms with E-state index in [0.717, 1.165) is 32.5 Å². The summed E-state index contributed by atoms with van der Waals surface area (Å²) in [4.78, 5) is 14.0. The molecule has 1 N–H and O–H groups in total. The monoisotopic (exact) mass is 254 g/mol. The first-order valence-electron chi connectivity index (χ1n) is 7.81. The van der Waals surface area contributed by atoms with Gasteiger partial charge in [0.2, 0.25) is 5.91 Å². The van der Waals surface area contributed by atoms with Crippen molar-refractivity contribution >= 4 is 5.91 Å². The third kappa shape index (κ3) is 5.38. The molecule has 1 rings (SSSR count). The number of rotatable bonds is 10. The third-order valence-corrected chi connectivity index (χ3v) is 3.77. The van der Waals surface area contributed by atoms with E-state index in [1.165, 1.54) is 38.5 Å². The smallest absolute Gasteiger partial charge is 0.240 e. The van der Waals surface area contributed by atoms with E-state index in [9.17, 15) is 4.79 Å². The normalized spacial score (nSPS) is 19.8. The molecule has 1 heterocycles. The largest absolute Gasteiger partial charge is 0.329 e. The molecule has 0 bridgehead atoms. The molecular formula is C15H30N2O. The fraction of sp³-hybridized carbons (Fsp3) is 0.933. The summed E-state index contributed by atoms with van der Waals surface area (Å²) in [5.41, 5.74) is 0. The lowest BCUT2D eigenvalue weighted by Gasteiger charge is -2.15. The van der Waals surface area contributed by atoms with E-state index < -0.39 is 0 Å². The Morgan fingerprint density at radius 1 is 1.06 bits per heavy atom. The second-order valence-corrected chi connectivity index (χ2v) is 5.43. The SMILES string of the molecule is CCCCCCCCN1CNC(CCCC)C1=O. The number of amides is 1. The Labute approximate surface area is 112 Å². The van der Waals surface area contributed by atoms with Gasteiger partial charge in [-0.2, -0.15) is 0 Å². The van der Waals surface area contributed by atoms with Gasteiger partial charge in [-0.1, -0.05) is 58.8 Å². The molecule has 106 valence electrons. The van der Waals surface area contributed by atoms with Crippen LogP contribution in [0.3, 0.4) is 0 Å². The third-order valence-electron chi connectivity index (χ3n) is 3.77. The van der Waals surface area contributed by atoms with Crippen LogP contribution in [-0.4, -0.2) is 30.1 Å². The molecule has 1 atom stereocenters. The van der Waals surface area contributed by atoms with Crippen molar-refractivity contribution in [1.82, 2.24) is 10.2 Å². The average Bonchev–Trinajstić information content (AvgIpc) is 2.72. The maximum atomic E-state index is 12.0. The van der Waals surface area contributed by atoms with E-state index in [0.29, 0.717) is 5.91 Å². The Morgan fingerprint density at radius 2 is 1.72 bits per heavy atom. The van der Waals surface area contributed by atoms with Crippen LogP contribution in [0.5, 0.6) is 0 Å². The lowest BCUT2D eigenvalue weighted by atomic mass is 10.1. The minimum atomic E-state index is 0.102. The number of carbonyl (C=O) groups excluding carboxylic acids is 1. The van der Waals surface area contributed by atoms with Crippen molar-refractivity contribution in [1.29, 1.82) is 0 Å². The van der Waals surface area contributed by atoms with E-state index in [2.05, 4.69) is 19.2 Å². The molecule has 0 aromatic heterocycles. The molecule has 0 saturated carbocycles. The Balaban J connectivity index is 2.07. The second kappa shape index (κ2) is 9.37. The molecular weight excluding hydrogens is 224 g/mol. The molecule has 0 aromatic carbocycles. The van der Waals surface area contributed by atoms with Gasteiger partial charge in [-0.05, 0) is 12.8 Å². The summed E-state index contributed by atoms with van der Waals surface area (Å²) in [5.74, 6) is 0.331. The quantitative estimate of drug-likeness (QED) is 0.607. The Morgan fingerprint density at radius 3 is 2.44 bits per heavy atom. The van der Waals surface area contributed by atoms with Gasteiger partial charge in [-0.25, -0.2) is 0 Å². The van der Waals surface area contributed by atoms with Gasteiger partial charge in [0.15, 0.2) is 0 Å². The molecule has 0 aromatic rings. The van der Waals surface area contributed by atoms with Crippen LogP contribution in [0.2, 0.25) is 0 Å². The first-order valence-corrected chi connectivity index (χ1v) is 7.81. The maximum Gasteiger partial charge on any atom is 0.240 e. The predicted molar refractivity (Wildman–Crippen MR) is 76.4 cm³/mol. The van der Waals surface area contributed by atoms with Gasteiger partial charge in [-0.15, -0.1) is 0 Å². The maximum absolute atomic E-state index is 12.0. The molecule has 0 radical (unpaired) electrons. The standard InChI is InChI=1S/C15H30N2O/c1-3-5-7-8-9-10-12-17-13-16-14(15(17)18)11-6-4-2/h14,16H,3-13H2,1-2H3. The van der Waals surface area contributed by atoms with Gasteiger partial charge < -0.3 is 4.90 Å². The highest BCUT2D eigenvalue weighted by Gasteiger charge is 2.29. The van der Waals surface area contributed by atoms with E-state index in [1.807, 2.05) is 4.90 Å². The molecule has 18 heavy (non-hydrogen) atoms. The van der Waals surface area contributed by atoms with Gasteiger partial charge in [0.25, 0.3) is 0 Å². The van der Waals surface area contributed by atoms with Crippen LogP contribution in [0.15, 0.2) is 0 Å². The van der Waals surface area contributed by atoms with Crippen LogP contribution >= 0.6 is 0 Å². The summed E-state index contributed by atoms with van der Waals surface area (Å²) in [7, 11) is 0. The average molecular weight is 254 g/mol. The van der Waals surface area contributed by atoms with Gasteiger partial charge in [0.1, 0.15) is 0 Å². The van der Waals surface area contributed by atoms with Crippen molar-refractivity contribution in [3.8, 4) is 0 Å². The van der Waals surface area contributed by atoms with E-state index in [-0.39, 0.29) is 6.04 Å². The van der Waals surface area contributed by atoms with Gasteiger partial charge in [0, 0.05) is 6.54 Å². The Bertz CT molecular complexity index is 231. The lowest BCUT2D eigenvalue weighted by Crippen LogP contribution is -2.31. The molecule has 3 heteroatoms. The van der Waals surface area contributed by atoms with Crippen molar-refractivity contribution < 1.29 is 4.79 Å². The number of carbonyl (C=O) groups is 1. The van der Waals surface area contributed by atoms with Crippen molar-refractivity contribution in [2.75, 3.05) is 13.2 Å². The molecule has 1 aliphatic rings. The van der Waals surface area contributed by atoms with Crippen LogP contribution in [-0.2, 0) is 4.79 Å². The molecule has 0 spiro atoms. The van der Waals surface area contributed by atoms with E-state index in [1.54, 1.807) is 0 Å². The van der Waals surface area contributed by atoms with E-state index >= 15 is 0 Å². The number of unbranched alkanes of at least 4 members (excludes halogenated alkanes) is 6. The second-order valence-electron chi connectivity index (χ2n) is 5.43. The fourth-order valence-electron chi connectivity index (χ4n) is 2.51. The van der Waals surface area contributed by atoms with Gasteiger partial charge >= 0.3 is 0 Å². The summed E-state index contributed by atoms with van der Waals surface area (Å²) < 4.78 is 0. The van der Waals surface area contributed by atoms with Crippen LogP contribution in [0.25, 0.3) is 0 Å². The zero-order chi connectivity index (χ0) is 13.2. The summed E-state index contributed by atoms with van der Waals surface area (Å²) >= 11 is 0. The zero-order valence-corrected chi connectivity index (χ0v) is 12.2. The topological polar surface area (TPSA) is 32.3 Å². The fourth-order valence-corrected chi connectivity index (χ4v) is 2.51. The minimum Gasteiger partial charge on any atom is -0.329 e. The Kier molecular flexibility index (Phi) is 8.06. The summed E-state index contributed by atoms with van der Waals surface area (Å²) in [5, 5.41) is 3.33. The number of hydrogen-bond donors (Lipinski definition) is 1. The molecule has 1 amide bonds. The molecule has 1 unspecified atom stereocenters. The molecule has 0 aliphatic carbocycles. The van der Waals surface area contributed by atoms with Crippen molar-refractivity contribution in [2.45, 2.75) is 77.7 Å². The van der Waals surface area contributed by atoms with Crippen LogP contribution < -0.4 is 5.32 Å². The molecule has 1 aliphatic heterocycles. The highest BCUT2D eigenvalue weighted by molar-refractivity contribution is 5.83. The number of nitrogens with one attached hydrogen (secondary N) is 1. The molecule has 1 saturated heterocycles. The highest BCUT2D eigenvalue weighted by Crippen LogP contribution is 2.12. The summed E-state index contributed by atoms with van der Waals surface area (Å²) in [6, 6.07) is 0.102.